The summed E-state index contributed by atoms with van der Waals surface area (Å²) in [6, 6.07) is 3.47. The molecule has 0 aromatic carbocycles. The lowest BCUT2D eigenvalue weighted by atomic mass is 10.1. The molecule has 0 aliphatic carbocycles. The van der Waals surface area contributed by atoms with Crippen LogP contribution in [0.15, 0.2) is 6.33 Å². The van der Waals surface area contributed by atoms with Gasteiger partial charge in [0.1, 0.15) is 0 Å². The van der Waals surface area contributed by atoms with E-state index in [2.05, 4.69) is 59.6 Å². The minimum Gasteiger partial charge on any atom is -0.417 e. The maximum absolute atomic E-state index is 10.8. The van der Waals surface area contributed by atoms with E-state index in [1.54, 1.807) is 6.33 Å². The molecule has 1 aromatic heterocycles. The van der Waals surface area contributed by atoms with Crippen molar-refractivity contribution in [2.75, 3.05) is 13.2 Å². The van der Waals surface area contributed by atoms with E-state index in [-0.39, 0.29) is 5.04 Å². The van der Waals surface area contributed by atoms with Crippen LogP contribution in [0.1, 0.15) is 65.5 Å². The first kappa shape index (κ1) is 25.6. The Morgan fingerprint density at radius 2 is 1.64 bits per heavy atom. The average Bonchev–Trinajstić information content (AvgIpc) is 2.98. The molecule has 0 aliphatic rings. The maximum Gasteiger partial charge on any atom is 0.191 e. The van der Waals surface area contributed by atoms with E-state index in [1.165, 1.54) is 0 Å². The third kappa shape index (κ3) is 6.52. The lowest BCUT2D eigenvalue weighted by Crippen LogP contribution is -2.41. The van der Waals surface area contributed by atoms with E-state index in [4.69, 9.17) is 8.85 Å². The standard InChI is InChI=1S/C21H44N2O3Si2/c1-10-28(11-2,12-3)26-15-13-18-20(23(7)17-22-18)19(24)14-16-25-27(8,9)21(4,5)6/h17,19,24H,10-16H2,1-9H3. The fourth-order valence-electron chi connectivity index (χ4n) is 3.31. The summed E-state index contributed by atoms with van der Waals surface area (Å²) in [6.45, 7) is 19.2. The van der Waals surface area contributed by atoms with Gasteiger partial charge < -0.3 is 18.5 Å². The largest absolute Gasteiger partial charge is 0.417 e. The number of hydrogen-bond acceptors (Lipinski definition) is 4. The molecule has 164 valence electrons. The molecule has 5 nitrogen and oxygen atoms in total. The molecular formula is C21H44N2O3Si2. The minimum atomic E-state index is -1.79. The number of aromatic nitrogens is 2. The highest BCUT2D eigenvalue weighted by atomic mass is 28.4. The SMILES string of the molecule is CC[Si](CC)(CC)OCCc1ncn(C)c1C(O)CCO[Si](C)(C)C(C)(C)C. The first-order chi connectivity index (χ1) is 12.9. The van der Waals surface area contributed by atoms with Crippen molar-refractivity contribution in [2.45, 2.75) is 96.8 Å². The lowest BCUT2D eigenvalue weighted by molar-refractivity contribution is 0.129. The second-order valence-electron chi connectivity index (χ2n) is 9.44. The number of aliphatic hydroxyl groups excluding tert-OH is 1. The number of aryl methyl sites for hydroxylation is 1. The fraction of sp³-hybridized carbons (Fsp3) is 0.857. The third-order valence-corrected chi connectivity index (χ3v) is 15.9. The van der Waals surface area contributed by atoms with Gasteiger partial charge in [-0.3, -0.25) is 0 Å². The molecule has 7 heteroatoms. The highest BCUT2D eigenvalue weighted by Gasteiger charge is 2.37. The van der Waals surface area contributed by atoms with E-state index >= 15 is 0 Å². The van der Waals surface area contributed by atoms with Crippen molar-refractivity contribution in [3.8, 4) is 0 Å². The maximum atomic E-state index is 10.8. The van der Waals surface area contributed by atoms with Gasteiger partial charge >= 0.3 is 0 Å². The van der Waals surface area contributed by atoms with E-state index in [1.807, 2.05) is 11.6 Å². The van der Waals surface area contributed by atoms with E-state index < -0.39 is 22.7 Å². The second kappa shape index (κ2) is 10.5. The Morgan fingerprint density at radius 3 is 2.14 bits per heavy atom. The fourth-order valence-corrected chi connectivity index (χ4v) is 7.02. The number of rotatable bonds is 12. The summed E-state index contributed by atoms with van der Waals surface area (Å²) in [6.07, 6.45) is 2.59. The summed E-state index contributed by atoms with van der Waals surface area (Å²) in [5, 5.41) is 11.0. The van der Waals surface area contributed by atoms with Gasteiger partial charge in [0.2, 0.25) is 0 Å². The van der Waals surface area contributed by atoms with Gasteiger partial charge in [-0.05, 0) is 36.3 Å². The molecule has 1 N–H and O–H groups in total. The Hall–Kier alpha value is -0.476. The second-order valence-corrected chi connectivity index (χ2v) is 19.0. The molecule has 0 saturated heterocycles. The molecule has 1 rings (SSSR count). The molecule has 0 saturated carbocycles. The van der Waals surface area contributed by atoms with Gasteiger partial charge in [-0.15, -0.1) is 0 Å². The zero-order valence-electron chi connectivity index (χ0n) is 19.8. The van der Waals surface area contributed by atoms with Crippen molar-refractivity contribution in [1.29, 1.82) is 0 Å². The molecule has 28 heavy (non-hydrogen) atoms. The zero-order valence-corrected chi connectivity index (χ0v) is 21.8. The Morgan fingerprint density at radius 1 is 1.07 bits per heavy atom. The Balaban J connectivity index is 2.68. The number of imidazole rings is 1. The quantitative estimate of drug-likeness (QED) is 0.451. The summed E-state index contributed by atoms with van der Waals surface area (Å²) in [4.78, 5) is 4.54. The predicted octanol–water partition coefficient (Wildman–Crippen LogP) is 5.43. The van der Waals surface area contributed by atoms with Gasteiger partial charge in [-0.25, -0.2) is 4.98 Å². The monoisotopic (exact) mass is 428 g/mol. The van der Waals surface area contributed by atoms with Crippen molar-refractivity contribution in [1.82, 2.24) is 9.55 Å². The minimum absolute atomic E-state index is 0.182. The van der Waals surface area contributed by atoms with Crippen molar-refractivity contribution < 1.29 is 14.0 Å². The van der Waals surface area contributed by atoms with E-state index in [0.29, 0.717) is 19.6 Å². The van der Waals surface area contributed by atoms with Crippen molar-refractivity contribution in [3.05, 3.63) is 17.7 Å². The summed E-state index contributed by atoms with van der Waals surface area (Å²) in [5.74, 6) is 0. The molecule has 0 spiro atoms. The van der Waals surface area contributed by atoms with Crippen LogP contribution in [0.25, 0.3) is 0 Å². The first-order valence-electron chi connectivity index (χ1n) is 10.9. The summed E-state index contributed by atoms with van der Waals surface area (Å²) < 4.78 is 14.6. The summed E-state index contributed by atoms with van der Waals surface area (Å²) >= 11 is 0. The Kier molecular flexibility index (Phi) is 9.61. The van der Waals surface area contributed by atoms with Gasteiger partial charge in [0.05, 0.1) is 23.8 Å². The molecule has 1 aromatic rings. The van der Waals surface area contributed by atoms with E-state index in [9.17, 15) is 5.11 Å². The number of aliphatic hydroxyl groups is 1. The molecule has 0 fully saturated rings. The lowest BCUT2D eigenvalue weighted by Gasteiger charge is -2.36. The van der Waals surface area contributed by atoms with Crippen LogP contribution < -0.4 is 0 Å². The van der Waals surface area contributed by atoms with Gasteiger partial charge in [-0.2, -0.15) is 0 Å². The van der Waals surface area contributed by atoms with Gasteiger partial charge in [0.25, 0.3) is 0 Å². The Bertz CT molecular complexity index is 585. The van der Waals surface area contributed by atoms with Crippen LogP contribution in [0.5, 0.6) is 0 Å². The van der Waals surface area contributed by atoms with Gasteiger partial charge in [-0.1, -0.05) is 41.5 Å². The Labute approximate surface area is 175 Å². The topological polar surface area (TPSA) is 56.5 Å². The van der Waals surface area contributed by atoms with Crippen LogP contribution in [0, 0.1) is 0 Å². The zero-order chi connectivity index (χ0) is 21.6. The number of hydrogen-bond donors (Lipinski definition) is 1. The molecule has 0 bridgehead atoms. The number of nitrogens with zero attached hydrogens (tertiary/aromatic N) is 2. The van der Waals surface area contributed by atoms with Gasteiger partial charge in [0.15, 0.2) is 16.6 Å². The highest BCUT2D eigenvalue weighted by Crippen LogP contribution is 2.37. The van der Waals surface area contributed by atoms with Crippen LogP contribution in [0.2, 0.25) is 36.3 Å². The van der Waals surface area contributed by atoms with Crippen LogP contribution >= 0.6 is 0 Å². The highest BCUT2D eigenvalue weighted by molar-refractivity contribution is 6.74. The van der Waals surface area contributed by atoms with Crippen molar-refractivity contribution in [3.63, 3.8) is 0 Å². The third-order valence-electron chi connectivity index (χ3n) is 6.72. The first-order valence-corrected chi connectivity index (χ1v) is 16.3. The van der Waals surface area contributed by atoms with Gasteiger partial charge in [0, 0.05) is 33.1 Å². The molecule has 1 unspecified atom stereocenters. The van der Waals surface area contributed by atoms with Crippen LogP contribution in [-0.2, 0) is 22.3 Å². The smallest absolute Gasteiger partial charge is 0.191 e. The van der Waals surface area contributed by atoms with Crippen LogP contribution in [0.3, 0.4) is 0 Å². The average molecular weight is 429 g/mol. The molecule has 0 radical (unpaired) electrons. The van der Waals surface area contributed by atoms with Crippen LogP contribution in [-0.4, -0.2) is 44.5 Å². The summed E-state index contributed by atoms with van der Waals surface area (Å²) in [7, 11) is -1.42. The molecule has 0 aliphatic heterocycles. The molecule has 1 heterocycles. The summed E-state index contributed by atoms with van der Waals surface area (Å²) in [5.41, 5.74) is 1.85. The molecular weight excluding hydrogens is 384 g/mol. The molecule has 1 atom stereocenters. The predicted molar refractivity (Wildman–Crippen MR) is 123 cm³/mol. The molecule has 0 amide bonds. The van der Waals surface area contributed by atoms with E-state index in [0.717, 1.165) is 35.9 Å². The van der Waals surface area contributed by atoms with Crippen molar-refractivity contribution >= 4 is 16.6 Å². The normalized spacial score (nSPS) is 14.5. The van der Waals surface area contributed by atoms with Crippen LogP contribution in [0.4, 0.5) is 0 Å². The van der Waals surface area contributed by atoms with Crippen molar-refractivity contribution in [2.24, 2.45) is 7.05 Å².